The smallest absolute Gasteiger partial charge is 0.330 e. The molecule has 0 radical (unpaired) electrons. The number of esters is 1. The third-order valence-electron chi connectivity index (χ3n) is 3.19. The highest BCUT2D eigenvalue weighted by Gasteiger charge is 2.13. The van der Waals surface area contributed by atoms with Crippen LogP contribution in [0.5, 0.6) is 0 Å². The van der Waals surface area contributed by atoms with Crippen molar-refractivity contribution in [3.05, 3.63) is 53.1 Å². The van der Waals surface area contributed by atoms with Crippen LogP contribution in [0.25, 0.3) is 6.08 Å². The maximum atomic E-state index is 11.4. The second kappa shape index (κ2) is 6.20. The first kappa shape index (κ1) is 12.6. The van der Waals surface area contributed by atoms with Crippen LogP contribution in [0, 0.1) is 0 Å². The van der Waals surface area contributed by atoms with Gasteiger partial charge in [-0.2, -0.15) is 0 Å². The van der Waals surface area contributed by atoms with Gasteiger partial charge in [-0.15, -0.1) is 0 Å². The van der Waals surface area contributed by atoms with E-state index in [9.17, 15) is 4.79 Å². The number of allylic oxidation sites excluding steroid dienone is 2. The molecule has 0 N–H and O–H groups in total. The number of hydrogen-bond donors (Lipinski definition) is 0. The van der Waals surface area contributed by atoms with Gasteiger partial charge in [-0.1, -0.05) is 36.4 Å². The van der Waals surface area contributed by atoms with E-state index in [1.165, 1.54) is 24.7 Å². The third-order valence-corrected chi connectivity index (χ3v) is 3.19. The highest BCUT2D eigenvalue weighted by atomic mass is 16.5. The van der Waals surface area contributed by atoms with Gasteiger partial charge in [-0.3, -0.25) is 0 Å². The fraction of sp³-hybridized carbons (Fsp3) is 0.312. The largest absolute Gasteiger partial charge is 0.466 e. The number of carbonyl (C=O) groups excluding carboxylic acids is 1. The number of ether oxygens (including phenoxy) is 1. The highest BCUT2D eigenvalue weighted by molar-refractivity contribution is 5.84. The van der Waals surface area contributed by atoms with E-state index in [4.69, 9.17) is 4.74 Å². The highest BCUT2D eigenvalue weighted by Crippen LogP contribution is 2.30. The molecule has 1 saturated carbocycles. The lowest BCUT2D eigenvalue weighted by atomic mass is 9.88. The van der Waals surface area contributed by atoms with Gasteiger partial charge in [0.25, 0.3) is 0 Å². The zero-order chi connectivity index (χ0) is 12.8. The lowest BCUT2D eigenvalue weighted by Crippen LogP contribution is -2.03. The summed E-state index contributed by atoms with van der Waals surface area (Å²) in [6.07, 6.45) is 8.15. The van der Waals surface area contributed by atoms with E-state index < -0.39 is 0 Å². The maximum absolute atomic E-state index is 11.4. The lowest BCUT2D eigenvalue weighted by molar-refractivity contribution is -0.134. The number of hydrogen-bond acceptors (Lipinski definition) is 2. The standard InChI is InChI=1S/C16H18O2/c1-18-16(17)12-15-10-6-5-9-14(15)11-13-7-3-2-4-8-13/h2-4,7-8,11-12H,5-6,9-10H2,1H3/b14-11-,15-12+. The van der Waals surface area contributed by atoms with Crippen molar-refractivity contribution in [1.82, 2.24) is 0 Å². The van der Waals surface area contributed by atoms with E-state index in [0.29, 0.717) is 0 Å². The number of carbonyl (C=O) groups is 1. The molecule has 0 spiro atoms. The van der Waals surface area contributed by atoms with Crippen molar-refractivity contribution in [3.8, 4) is 0 Å². The van der Waals surface area contributed by atoms with Gasteiger partial charge in [0.1, 0.15) is 0 Å². The average molecular weight is 242 g/mol. The maximum Gasteiger partial charge on any atom is 0.330 e. The molecule has 2 heteroatoms. The lowest BCUT2D eigenvalue weighted by Gasteiger charge is -2.18. The molecule has 2 rings (SSSR count). The molecule has 1 aromatic carbocycles. The molecule has 0 bridgehead atoms. The van der Waals surface area contributed by atoms with E-state index in [0.717, 1.165) is 24.8 Å². The third kappa shape index (κ3) is 3.33. The van der Waals surface area contributed by atoms with E-state index in [1.807, 2.05) is 18.2 Å². The molecule has 0 saturated heterocycles. The monoisotopic (exact) mass is 242 g/mol. The van der Waals surface area contributed by atoms with Gasteiger partial charge in [0.15, 0.2) is 0 Å². The van der Waals surface area contributed by atoms with Crippen LogP contribution in [0.15, 0.2) is 47.6 Å². The zero-order valence-electron chi connectivity index (χ0n) is 10.7. The van der Waals surface area contributed by atoms with Crippen LogP contribution in [0.3, 0.4) is 0 Å². The second-order valence-electron chi connectivity index (χ2n) is 4.48. The van der Waals surface area contributed by atoms with Crippen LogP contribution in [0.1, 0.15) is 31.2 Å². The van der Waals surface area contributed by atoms with Gasteiger partial charge < -0.3 is 4.74 Å². The van der Waals surface area contributed by atoms with Gasteiger partial charge in [-0.25, -0.2) is 4.79 Å². The zero-order valence-corrected chi connectivity index (χ0v) is 10.7. The van der Waals surface area contributed by atoms with Crippen LogP contribution >= 0.6 is 0 Å². The van der Waals surface area contributed by atoms with Crippen LogP contribution in [-0.2, 0) is 9.53 Å². The molecule has 1 aliphatic rings. The van der Waals surface area contributed by atoms with Gasteiger partial charge in [0, 0.05) is 6.08 Å². The fourth-order valence-corrected chi connectivity index (χ4v) is 2.23. The first-order chi connectivity index (χ1) is 8.79. The van der Waals surface area contributed by atoms with E-state index >= 15 is 0 Å². The molecule has 0 aliphatic heterocycles. The molecule has 1 fully saturated rings. The van der Waals surface area contributed by atoms with Gasteiger partial charge in [0.05, 0.1) is 7.11 Å². The van der Waals surface area contributed by atoms with E-state index in [-0.39, 0.29) is 5.97 Å². The van der Waals surface area contributed by atoms with Crippen molar-refractivity contribution in [3.63, 3.8) is 0 Å². The molecule has 1 aromatic rings. The molecule has 94 valence electrons. The predicted octanol–water partition coefficient (Wildman–Crippen LogP) is 3.74. The van der Waals surface area contributed by atoms with Crippen molar-refractivity contribution in [2.45, 2.75) is 25.7 Å². The molecule has 0 amide bonds. The molecule has 18 heavy (non-hydrogen) atoms. The van der Waals surface area contributed by atoms with E-state index in [2.05, 4.69) is 18.2 Å². The molecule has 1 aliphatic carbocycles. The van der Waals surface area contributed by atoms with Gasteiger partial charge in [0.2, 0.25) is 0 Å². The minimum Gasteiger partial charge on any atom is -0.466 e. The van der Waals surface area contributed by atoms with Crippen molar-refractivity contribution in [2.24, 2.45) is 0 Å². The number of rotatable bonds is 2. The molecule has 0 unspecified atom stereocenters. The predicted molar refractivity (Wildman–Crippen MR) is 73.0 cm³/mol. The Morgan fingerprint density at radius 1 is 1.11 bits per heavy atom. The summed E-state index contributed by atoms with van der Waals surface area (Å²) in [6.45, 7) is 0. The number of methoxy groups -OCH3 is 1. The topological polar surface area (TPSA) is 26.3 Å². The van der Waals surface area contributed by atoms with Crippen molar-refractivity contribution >= 4 is 12.0 Å². The Kier molecular flexibility index (Phi) is 4.35. The molecule has 2 nitrogen and oxygen atoms in total. The van der Waals surface area contributed by atoms with Gasteiger partial charge in [-0.05, 0) is 42.4 Å². The van der Waals surface area contributed by atoms with Crippen molar-refractivity contribution in [2.75, 3.05) is 7.11 Å². The Morgan fingerprint density at radius 3 is 2.44 bits per heavy atom. The van der Waals surface area contributed by atoms with Crippen LogP contribution in [-0.4, -0.2) is 13.1 Å². The Labute approximate surface area is 108 Å². The van der Waals surface area contributed by atoms with Crippen LogP contribution in [0.2, 0.25) is 0 Å². The van der Waals surface area contributed by atoms with E-state index in [1.54, 1.807) is 6.08 Å². The fourth-order valence-electron chi connectivity index (χ4n) is 2.23. The first-order valence-electron chi connectivity index (χ1n) is 6.34. The molecular weight excluding hydrogens is 224 g/mol. The SMILES string of the molecule is COC(=O)/C=C1\CCCC\C1=C\c1ccccc1. The summed E-state index contributed by atoms with van der Waals surface area (Å²) in [5.74, 6) is -0.258. The minimum absolute atomic E-state index is 0.258. The Morgan fingerprint density at radius 2 is 1.78 bits per heavy atom. The quantitative estimate of drug-likeness (QED) is 0.583. The molecule has 0 atom stereocenters. The Hall–Kier alpha value is -1.83. The summed E-state index contributed by atoms with van der Waals surface area (Å²) in [7, 11) is 1.42. The summed E-state index contributed by atoms with van der Waals surface area (Å²) < 4.78 is 4.71. The van der Waals surface area contributed by atoms with Crippen LogP contribution in [0.4, 0.5) is 0 Å². The summed E-state index contributed by atoms with van der Waals surface area (Å²) in [6, 6.07) is 10.2. The normalized spacial score (nSPS) is 20.1. The molecular formula is C16H18O2. The summed E-state index contributed by atoms with van der Waals surface area (Å²) >= 11 is 0. The minimum atomic E-state index is -0.258. The molecule has 0 aromatic heterocycles. The summed E-state index contributed by atoms with van der Waals surface area (Å²) in [4.78, 5) is 11.4. The first-order valence-corrected chi connectivity index (χ1v) is 6.34. The molecule has 0 heterocycles. The van der Waals surface area contributed by atoms with Crippen LogP contribution < -0.4 is 0 Å². The Bertz CT molecular complexity index is 469. The van der Waals surface area contributed by atoms with Gasteiger partial charge >= 0.3 is 5.97 Å². The summed E-state index contributed by atoms with van der Waals surface area (Å²) in [5.41, 5.74) is 3.57. The summed E-state index contributed by atoms with van der Waals surface area (Å²) in [5, 5.41) is 0. The average Bonchev–Trinajstić information content (AvgIpc) is 2.42. The second-order valence-corrected chi connectivity index (χ2v) is 4.48. The number of benzene rings is 1. The van der Waals surface area contributed by atoms with Crippen molar-refractivity contribution in [1.29, 1.82) is 0 Å². The Balaban J connectivity index is 2.26. The van der Waals surface area contributed by atoms with Crippen molar-refractivity contribution < 1.29 is 9.53 Å².